The minimum atomic E-state index is -0.439. The lowest BCUT2D eigenvalue weighted by Gasteiger charge is -2.15. The lowest BCUT2D eigenvalue weighted by Crippen LogP contribution is -2.41. The van der Waals surface area contributed by atoms with Crippen molar-refractivity contribution in [3.63, 3.8) is 0 Å². The summed E-state index contributed by atoms with van der Waals surface area (Å²) in [7, 11) is 0. The molecule has 0 saturated carbocycles. The molecule has 2 unspecified atom stereocenters. The molecule has 0 aliphatic carbocycles. The SMILES string of the molecule is CCCC(N)C(=O)NC(C)c1nc(-c2ccccc2)cs1. The summed E-state index contributed by atoms with van der Waals surface area (Å²) in [5.41, 5.74) is 7.85. The van der Waals surface area contributed by atoms with Crippen molar-refractivity contribution in [3.8, 4) is 11.3 Å². The molecule has 0 aliphatic heterocycles. The third kappa shape index (κ3) is 4.12. The topological polar surface area (TPSA) is 68.0 Å². The van der Waals surface area contributed by atoms with E-state index in [0.717, 1.165) is 22.7 Å². The van der Waals surface area contributed by atoms with E-state index in [2.05, 4.69) is 10.3 Å². The Morgan fingerprint density at radius 3 is 2.76 bits per heavy atom. The highest BCUT2D eigenvalue weighted by atomic mass is 32.1. The van der Waals surface area contributed by atoms with Crippen LogP contribution in [0.2, 0.25) is 0 Å². The molecule has 0 radical (unpaired) electrons. The Bertz CT molecular complexity index is 582. The maximum atomic E-state index is 11.9. The van der Waals surface area contributed by atoms with Gasteiger partial charge in [0.1, 0.15) is 5.01 Å². The third-order valence-electron chi connectivity index (χ3n) is 3.26. The fourth-order valence-corrected chi connectivity index (χ4v) is 2.89. The average Bonchev–Trinajstić information content (AvgIpc) is 2.98. The number of aromatic nitrogens is 1. The van der Waals surface area contributed by atoms with Crippen LogP contribution in [0.25, 0.3) is 11.3 Å². The highest BCUT2D eigenvalue weighted by Gasteiger charge is 2.18. The molecule has 2 rings (SSSR count). The lowest BCUT2D eigenvalue weighted by atomic mass is 10.1. The molecule has 0 spiro atoms. The maximum absolute atomic E-state index is 11.9. The van der Waals surface area contributed by atoms with E-state index in [4.69, 9.17) is 5.73 Å². The van der Waals surface area contributed by atoms with Gasteiger partial charge in [0.2, 0.25) is 5.91 Å². The largest absolute Gasteiger partial charge is 0.346 e. The summed E-state index contributed by atoms with van der Waals surface area (Å²) in [5, 5.41) is 5.84. The summed E-state index contributed by atoms with van der Waals surface area (Å²) in [4.78, 5) is 16.5. The number of hydrogen-bond donors (Lipinski definition) is 2. The molecule has 21 heavy (non-hydrogen) atoms. The highest BCUT2D eigenvalue weighted by Crippen LogP contribution is 2.25. The van der Waals surface area contributed by atoms with E-state index in [0.29, 0.717) is 6.42 Å². The zero-order valence-electron chi connectivity index (χ0n) is 12.4. The molecule has 2 atom stereocenters. The number of nitrogens with two attached hydrogens (primary N) is 1. The van der Waals surface area contributed by atoms with Crippen molar-refractivity contribution in [1.82, 2.24) is 10.3 Å². The number of amides is 1. The van der Waals surface area contributed by atoms with Crippen molar-refractivity contribution in [2.45, 2.75) is 38.8 Å². The van der Waals surface area contributed by atoms with Crippen molar-refractivity contribution in [2.24, 2.45) is 5.73 Å². The Morgan fingerprint density at radius 2 is 2.10 bits per heavy atom. The van der Waals surface area contributed by atoms with Crippen LogP contribution in [0.5, 0.6) is 0 Å². The van der Waals surface area contributed by atoms with Crippen LogP contribution in [0.3, 0.4) is 0 Å². The van der Waals surface area contributed by atoms with E-state index in [1.54, 1.807) is 11.3 Å². The predicted molar refractivity (Wildman–Crippen MR) is 87.0 cm³/mol. The van der Waals surface area contributed by atoms with Gasteiger partial charge in [-0.3, -0.25) is 4.79 Å². The number of nitrogens with zero attached hydrogens (tertiary/aromatic N) is 1. The Kier molecular flexibility index (Phi) is 5.47. The van der Waals surface area contributed by atoms with E-state index in [-0.39, 0.29) is 11.9 Å². The predicted octanol–water partition coefficient (Wildman–Crippen LogP) is 3.11. The first-order valence-corrected chi connectivity index (χ1v) is 8.06. The number of nitrogens with one attached hydrogen (secondary N) is 1. The lowest BCUT2D eigenvalue weighted by molar-refractivity contribution is -0.123. The Labute approximate surface area is 129 Å². The van der Waals surface area contributed by atoms with Crippen LogP contribution in [0.1, 0.15) is 37.7 Å². The van der Waals surface area contributed by atoms with Gasteiger partial charge in [-0.1, -0.05) is 43.7 Å². The van der Waals surface area contributed by atoms with Crippen LogP contribution >= 0.6 is 11.3 Å². The molecule has 5 heteroatoms. The molecular formula is C16H21N3OS. The first-order valence-electron chi connectivity index (χ1n) is 7.18. The Morgan fingerprint density at radius 1 is 1.38 bits per heavy atom. The van der Waals surface area contributed by atoms with E-state index < -0.39 is 6.04 Å². The minimum Gasteiger partial charge on any atom is -0.346 e. The molecular weight excluding hydrogens is 282 g/mol. The molecule has 1 amide bonds. The summed E-state index contributed by atoms with van der Waals surface area (Å²) >= 11 is 1.55. The van der Waals surface area contributed by atoms with E-state index in [1.807, 2.05) is 49.6 Å². The number of thiazole rings is 1. The van der Waals surface area contributed by atoms with Crippen molar-refractivity contribution in [1.29, 1.82) is 0 Å². The standard InChI is InChI=1S/C16H21N3OS/c1-3-7-13(17)15(20)18-11(2)16-19-14(10-21-16)12-8-5-4-6-9-12/h4-6,8-11,13H,3,7,17H2,1-2H3,(H,18,20). The summed E-state index contributed by atoms with van der Waals surface area (Å²) in [6, 6.07) is 9.45. The summed E-state index contributed by atoms with van der Waals surface area (Å²) in [6.07, 6.45) is 1.60. The number of benzene rings is 1. The Balaban J connectivity index is 2.02. The van der Waals surface area contributed by atoms with Gasteiger partial charge < -0.3 is 11.1 Å². The molecule has 1 heterocycles. The van der Waals surface area contributed by atoms with Gasteiger partial charge >= 0.3 is 0 Å². The number of hydrogen-bond acceptors (Lipinski definition) is 4. The first-order chi connectivity index (χ1) is 10.1. The highest BCUT2D eigenvalue weighted by molar-refractivity contribution is 7.10. The van der Waals surface area contributed by atoms with Gasteiger partial charge in [-0.15, -0.1) is 11.3 Å². The zero-order chi connectivity index (χ0) is 15.2. The van der Waals surface area contributed by atoms with Gasteiger partial charge in [0.05, 0.1) is 17.8 Å². The molecule has 0 fully saturated rings. The van der Waals surface area contributed by atoms with Crippen molar-refractivity contribution in [2.75, 3.05) is 0 Å². The average molecular weight is 303 g/mol. The number of carbonyl (C=O) groups is 1. The van der Waals surface area contributed by atoms with Crippen LogP contribution in [0.15, 0.2) is 35.7 Å². The fourth-order valence-electron chi connectivity index (χ4n) is 2.05. The minimum absolute atomic E-state index is 0.110. The molecule has 0 bridgehead atoms. The van der Waals surface area contributed by atoms with Gasteiger partial charge in [-0.05, 0) is 13.3 Å². The van der Waals surface area contributed by atoms with Crippen LogP contribution in [-0.2, 0) is 4.79 Å². The fraction of sp³-hybridized carbons (Fsp3) is 0.375. The maximum Gasteiger partial charge on any atom is 0.237 e. The first kappa shape index (κ1) is 15.7. The summed E-state index contributed by atoms with van der Waals surface area (Å²) < 4.78 is 0. The third-order valence-corrected chi connectivity index (χ3v) is 4.28. The molecule has 112 valence electrons. The zero-order valence-corrected chi connectivity index (χ0v) is 13.2. The van der Waals surface area contributed by atoms with E-state index >= 15 is 0 Å². The molecule has 0 aliphatic rings. The normalized spacial score (nSPS) is 13.7. The van der Waals surface area contributed by atoms with Crippen molar-refractivity contribution < 1.29 is 4.79 Å². The second kappa shape index (κ2) is 7.33. The van der Waals surface area contributed by atoms with Gasteiger partial charge in [-0.2, -0.15) is 0 Å². The van der Waals surface area contributed by atoms with Crippen molar-refractivity contribution in [3.05, 3.63) is 40.7 Å². The van der Waals surface area contributed by atoms with Crippen LogP contribution in [0, 0.1) is 0 Å². The monoisotopic (exact) mass is 303 g/mol. The van der Waals surface area contributed by atoms with Crippen molar-refractivity contribution >= 4 is 17.2 Å². The van der Waals surface area contributed by atoms with Crippen LogP contribution < -0.4 is 11.1 Å². The molecule has 2 aromatic rings. The molecule has 4 nitrogen and oxygen atoms in total. The molecule has 3 N–H and O–H groups in total. The smallest absolute Gasteiger partial charge is 0.237 e. The van der Waals surface area contributed by atoms with Gasteiger partial charge in [0.25, 0.3) is 0 Å². The second-order valence-electron chi connectivity index (χ2n) is 5.06. The second-order valence-corrected chi connectivity index (χ2v) is 5.95. The van der Waals surface area contributed by atoms with Gasteiger partial charge in [0, 0.05) is 10.9 Å². The van der Waals surface area contributed by atoms with E-state index in [1.165, 1.54) is 0 Å². The molecule has 0 saturated heterocycles. The molecule has 1 aromatic heterocycles. The quantitative estimate of drug-likeness (QED) is 0.861. The number of carbonyl (C=O) groups excluding carboxylic acids is 1. The van der Waals surface area contributed by atoms with Crippen LogP contribution in [-0.4, -0.2) is 16.9 Å². The van der Waals surface area contributed by atoms with Gasteiger partial charge in [0.15, 0.2) is 0 Å². The molecule has 1 aromatic carbocycles. The van der Waals surface area contributed by atoms with Gasteiger partial charge in [-0.25, -0.2) is 4.98 Å². The summed E-state index contributed by atoms with van der Waals surface area (Å²) in [6.45, 7) is 3.95. The Hall–Kier alpha value is -1.72. The van der Waals surface area contributed by atoms with Crippen LogP contribution in [0.4, 0.5) is 0 Å². The van der Waals surface area contributed by atoms with E-state index in [9.17, 15) is 4.79 Å². The number of rotatable bonds is 6. The summed E-state index contributed by atoms with van der Waals surface area (Å²) in [5.74, 6) is -0.110.